The van der Waals surface area contributed by atoms with Crippen LogP contribution in [0.5, 0.6) is 0 Å². The number of nitrogens with zero attached hydrogens (tertiary/aromatic N) is 1. The van der Waals surface area contributed by atoms with Gasteiger partial charge in [-0.05, 0) is 19.3 Å². The minimum absolute atomic E-state index is 0.0437. The fraction of sp³-hybridized carbons (Fsp3) is 0.917. The summed E-state index contributed by atoms with van der Waals surface area (Å²) in [5, 5.41) is 0. The molecular weight excluding hydrogens is 270 g/mol. The summed E-state index contributed by atoms with van der Waals surface area (Å²) in [6.45, 7) is 2.34. The Labute approximate surface area is 106 Å². The molecule has 1 aliphatic heterocycles. The quantitative estimate of drug-likeness (QED) is 0.744. The molecule has 4 heteroatoms. The normalized spacial score (nSPS) is 27.7. The Hall–Kier alpha value is -0.0900. The van der Waals surface area contributed by atoms with Crippen molar-refractivity contribution in [2.45, 2.75) is 49.5 Å². The first-order chi connectivity index (χ1) is 7.77. The summed E-state index contributed by atoms with van der Waals surface area (Å²) < 4.78 is 5.82. The molecule has 0 N–H and O–H groups in total. The molecule has 1 amide bonds. The van der Waals surface area contributed by atoms with Gasteiger partial charge in [-0.1, -0.05) is 35.2 Å². The molecule has 0 aromatic heterocycles. The Morgan fingerprint density at radius 1 is 1.25 bits per heavy atom. The van der Waals surface area contributed by atoms with E-state index in [-0.39, 0.29) is 10.7 Å². The number of alkyl halides is 1. The predicted octanol–water partition coefficient (Wildman–Crippen LogP) is 2.33. The number of ether oxygens (including phenoxy) is 1. The monoisotopic (exact) mass is 289 g/mol. The van der Waals surface area contributed by atoms with E-state index in [1.54, 1.807) is 0 Å². The predicted molar refractivity (Wildman–Crippen MR) is 66.7 cm³/mol. The smallest absolute Gasteiger partial charge is 0.236 e. The van der Waals surface area contributed by atoms with Crippen LogP contribution < -0.4 is 0 Å². The number of hydrogen-bond acceptors (Lipinski definition) is 2. The molecule has 0 aromatic carbocycles. The van der Waals surface area contributed by atoms with Crippen LogP contribution in [0, 0.1) is 0 Å². The first kappa shape index (κ1) is 12.4. The molecule has 2 aliphatic rings. The van der Waals surface area contributed by atoms with Crippen molar-refractivity contribution in [2.24, 2.45) is 0 Å². The summed E-state index contributed by atoms with van der Waals surface area (Å²) in [5.74, 6) is 0.229. The summed E-state index contributed by atoms with van der Waals surface area (Å²) in [7, 11) is 0. The van der Waals surface area contributed by atoms with Crippen LogP contribution in [-0.4, -0.2) is 41.4 Å². The van der Waals surface area contributed by atoms with Crippen molar-refractivity contribution >= 4 is 21.8 Å². The van der Waals surface area contributed by atoms with Gasteiger partial charge < -0.3 is 9.64 Å². The van der Waals surface area contributed by atoms with Gasteiger partial charge in [0.25, 0.3) is 0 Å². The Morgan fingerprint density at radius 3 is 2.62 bits per heavy atom. The number of amides is 1. The Balaban J connectivity index is 1.62. The molecule has 1 saturated carbocycles. The molecule has 0 radical (unpaired) electrons. The lowest BCUT2D eigenvalue weighted by Gasteiger charge is -2.23. The van der Waals surface area contributed by atoms with Crippen LogP contribution in [0.2, 0.25) is 0 Å². The maximum atomic E-state index is 11.6. The molecule has 3 nitrogen and oxygen atoms in total. The number of halogens is 1. The standard InChI is InChI=1S/C12H20BrNO2/c13-11-6-7-14(12(11)15)8-9-16-10-4-2-1-3-5-10/h10-11H,1-9H2. The van der Waals surface area contributed by atoms with Crippen molar-refractivity contribution in [1.29, 1.82) is 0 Å². The Kier molecular flexibility index (Phi) is 4.65. The zero-order valence-electron chi connectivity index (χ0n) is 9.66. The Bertz CT molecular complexity index is 241. The van der Waals surface area contributed by atoms with Gasteiger partial charge in [0, 0.05) is 13.1 Å². The van der Waals surface area contributed by atoms with Crippen molar-refractivity contribution < 1.29 is 9.53 Å². The molecule has 2 rings (SSSR count). The number of rotatable bonds is 4. The largest absolute Gasteiger partial charge is 0.376 e. The number of likely N-dealkylation sites (tertiary alicyclic amines) is 1. The molecule has 1 atom stereocenters. The number of carbonyl (C=O) groups is 1. The lowest BCUT2D eigenvalue weighted by Crippen LogP contribution is -2.32. The SMILES string of the molecule is O=C1C(Br)CCN1CCOC1CCCCC1. The lowest BCUT2D eigenvalue weighted by molar-refractivity contribution is -0.128. The van der Waals surface area contributed by atoms with Gasteiger partial charge in [0.2, 0.25) is 5.91 Å². The van der Waals surface area contributed by atoms with Gasteiger partial charge in [-0.15, -0.1) is 0 Å². The summed E-state index contributed by atoms with van der Waals surface area (Å²) >= 11 is 3.38. The van der Waals surface area contributed by atoms with Crippen molar-refractivity contribution in [1.82, 2.24) is 4.90 Å². The second-order valence-electron chi connectivity index (χ2n) is 4.71. The molecule has 0 bridgehead atoms. The second kappa shape index (κ2) is 6.01. The van der Waals surface area contributed by atoms with Gasteiger partial charge >= 0.3 is 0 Å². The fourth-order valence-electron chi connectivity index (χ4n) is 2.48. The molecule has 1 aliphatic carbocycles. The third kappa shape index (κ3) is 3.20. The van der Waals surface area contributed by atoms with Crippen LogP contribution in [0.4, 0.5) is 0 Å². The van der Waals surface area contributed by atoms with Crippen molar-refractivity contribution in [3.05, 3.63) is 0 Å². The summed E-state index contributed by atoms with van der Waals surface area (Å²) in [4.78, 5) is 13.6. The molecule has 0 spiro atoms. The van der Waals surface area contributed by atoms with Crippen molar-refractivity contribution in [2.75, 3.05) is 19.7 Å². The third-order valence-corrected chi connectivity index (χ3v) is 4.35. The molecule has 1 heterocycles. The average Bonchev–Trinajstić information content (AvgIpc) is 2.62. The molecular formula is C12H20BrNO2. The third-order valence-electron chi connectivity index (χ3n) is 3.50. The lowest BCUT2D eigenvalue weighted by atomic mass is 9.98. The van der Waals surface area contributed by atoms with Crippen LogP contribution in [0.1, 0.15) is 38.5 Å². The van der Waals surface area contributed by atoms with Crippen LogP contribution in [0.3, 0.4) is 0 Å². The van der Waals surface area contributed by atoms with E-state index in [0.717, 1.165) is 19.5 Å². The van der Waals surface area contributed by atoms with Gasteiger partial charge in [0.15, 0.2) is 0 Å². The maximum Gasteiger partial charge on any atom is 0.236 e. The number of carbonyl (C=O) groups excluding carboxylic acids is 1. The number of hydrogen-bond donors (Lipinski definition) is 0. The summed E-state index contributed by atoms with van der Waals surface area (Å²) in [6.07, 6.45) is 7.75. The van der Waals surface area contributed by atoms with E-state index in [2.05, 4.69) is 15.9 Å². The zero-order valence-corrected chi connectivity index (χ0v) is 11.2. The van der Waals surface area contributed by atoms with Crippen LogP contribution in [-0.2, 0) is 9.53 Å². The van der Waals surface area contributed by atoms with Crippen molar-refractivity contribution in [3.8, 4) is 0 Å². The van der Waals surface area contributed by atoms with Gasteiger partial charge in [-0.2, -0.15) is 0 Å². The molecule has 0 aromatic rings. The van der Waals surface area contributed by atoms with Crippen molar-refractivity contribution in [3.63, 3.8) is 0 Å². The highest BCUT2D eigenvalue weighted by atomic mass is 79.9. The maximum absolute atomic E-state index is 11.6. The zero-order chi connectivity index (χ0) is 11.4. The van der Waals surface area contributed by atoms with Gasteiger partial charge in [-0.25, -0.2) is 0 Å². The minimum Gasteiger partial charge on any atom is -0.376 e. The highest BCUT2D eigenvalue weighted by Crippen LogP contribution is 2.21. The highest BCUT2D eigenvalue weighted by molar-refractivity contribution is 9.10. The average molecular weight is 290 g/mol. The topological polar surface area (TPSA) is 29.5 Å². The van der Waals surface area contributed by atoms with E-state index in [0.29, 0.717) is 12.7 Å². The summed E-state index contributed by atoms with van der Waals surface area (Å²) in [5.41, 5.74) is 0. The molecule has 1 saturated heterocycles. The van der Waals surface area contributed by atoms with Crippen LogP contribution in [0.25, 0.3) is 0 Å². The minimum atomic E-state index is 0.0437. The van der Waals surface area contributed by atoms with E-state index in [4.69, 9.17) is 4.74 Å². The van der Waals surface area contributed by atoms with E-state index >= 15 is 0 Å². The van der Waals surface area contributed by atoms with E-state index in [1.807, 2.05) is 4.90 Å². The molecule has 2 fully saturated rings. The van der Waals surface area contributed by atoms with E-state index in [1.165, 1.54) is 32.1 Å². The van der Waals surface area contributed by atoms with Crippen LogP contribution in [0.15, 0.2) is 0 Å². The van der Waals surface area contributed by atoms with Gasteiger partial charge in [0.05, 0.1) is 17.5 Å². The highest BCUT2D eigenvalue weighted by Gasteiger charge is 2.28. The Morgan fingerprint density at radius 2 is 2.00 bits per heavy atom. The summed E-state index contributed by atoms with van der Waals surface area (Å²) in [6, 6.07) is 0. The van der Waals surface area contributed by atoms with Crippen LogP contribution >= 0.6 is 15.9 Å². The first-order valence-corrected chi connectivity index (χ1v) is 7.23. The van der Waals surface area contributed by atoms with Gasteiger partial charge in [-0.3, -0.25) is 4.79 Å². The fourth-order valence-corrected chi connectivity index (χ4v) is 2.98. The second-order valence-corrected chi connectivity index (χ2v) is 5.82. The molecule has 92 valence electrons. The van der Waals surface area contributed by atoms with E-state index < -0.39 is 0 Å². The van der Waals surface area contributed by atoms with E-state index in [9.17, 15) is 4.79 Å². The molecule has 1 unspecified atom stereocenters. The molecule has 16 heavy (non-hydrogen) atoms. The first-order valence-electron chi connectivity index (χ1n) is 6.32. The van der Waals surface area contributed by atoms with Gasteiger partial charge in [0.1, 0.15) is 0 Å².